The quantitative estimate of drug-likeness (QED) is 0.214. The third kappa shape index (κ3) is 8.61. The fourth-order valence-electron chi connectivity index (χ4n) is 2.28. The molecule has 0 fully saturated rings. The van der Waals surface area contributed by atoms with Crippen LogP contribution in [0.5, 0.6) is 5.75 Å². The van der Waals surface area contributed by atoms with Crippen LogP contribution >= 0.6 is 35.3 Å². The predicted octanol–water partition coefficient (Wildman–Crippen LogP) is 2.90. The van der Waals surface area contributed by atoms with E-state index in [0.717, 1.165) is 31.2 Å². The molecule has 0 bridgehead atoms. The second-order valence-corrected chi connectivity index (χ2v) is 6.53. The summed E-state index contributed by atoms with van der Waals surface area (Å²) < 4.78 is 5.09. The molecule has 27 heavy (non-hydrogen) atoms. The molecule has 1 aromatic heterocycles. The summed E-state index contributed by atoms with van der Waals surface area (Å²) in [6.45, 7) is 4.67. The molecule has 6 nitrogen and oxygen atoms in total. The lowest BCUT2D eigenvalue weighted by Gasteiger charge is -2.12. The van der Waals surface area contributed by atoms with Crippen LogP contribution in [0.2, 0.25) is 0 Å². The summed E-state index contributed by atoms with van der Waals surface area (Å²) in [5.74, 6) is 1.40. The molecule has 0 saturated carbocycles. The third-order valence-electron chi connectivity index (χ3n) is 3.61. The number of nitrogens with one attached hydrogen (secondary N) is 3. The number of aliphatic imine (C=N–C) groups is 1. The van der Waals surface area contributed by atoms with E-state index < -0.39 is 0 Å². The number of halogens is 1. The molecule has 2 aromatic rings. The van der Waals surface area contributed by atoms with Crippen molar-refractivity contribution >= 4 is 47.2 Å². The standard InChI is InChI=1S/C19H26N4O2S.HI/c1-3-20-19(22-11-10-17-5-4-14-26-17)23-13-12-21-18(24)15-6-8-16(25-2)9-7-15;/h4-9,14H,3,10-13H2,1-2H3,(H,21,24)(H2,20,22,23);1H. The molecule has 0 aliphatic heterocycles. The Bertz CT molecular complexity index is 690. The van der Waals surface area contributed by atoms with E-state index in [1.165, 1.54) is 4.88 Å². The number of nitrogens with zero attached hydrogens (tertiary/aromatic N) is 1. The van der Waals surface area contributed by atoms with E-state index in [0.29, 0.717) is 18.7 Å². The van der Waals surface area contributed by atoms with Crippen LogP contribution in [0.15, 0.2) is 46.8 Å². The summed E-state index contributed by atoms with van der Waals surface area (Å²) >= 11 is 1.75. The highest BCUT2D eigenvalue weighted by atomic mass is 127. The van der Waals surface area contributed by atoms with Gasteiger partial charge in [0.15, 0.2) is 5.96 Å². The van der Waals surface area contributed by atoms with Crippen molar-refractivity contribution in [1.29, 1.82) is 0 Å². The smallest absolute Gasteiger partial charge is 0.251 e. The second-order valence-electron chi connectivity index (χ2n) is 5.50. The minimum absolute atomic E-state index is 0. The van der Waals surface area contributed by atoms with Crippen molar-refractivity contribution in [2.45, 2.75) is 13.3 Å². The maximum Gasteiger partial charge on any atom is 0.251 e. The second kappa shape index (κ2) is 13.4. The molecule has 8 heteroatoms. The van der Waals surface area contributed by atoms with Crippen molar-refractivity contribution in [2.75, 3.05) is 33.3 Å². The maximum absolute atomic E-state index is 12.1. The first-order valence-electron chi connectivity index (χ1n) is 8.69. The molecular formula is C19H27IN4O2S. The van der Waals surface area contributed by atoms with Gasteiger partial charge in [0.1, 0.15) is 5.75 Å². The molecule has 1 heterocycles. The molecule has 0 radical (unpaired) electrons. The van der Waals surface area contributed by atoms with Crippen LogP contribution in [-0.2, 0) is 6.42 Å². The largest absolute Gasteiger partial charge is 0.497 e. The lowest BCUT2D eigenvalue weighted by Crippen LogP contribution is -2.41. The number of hydrogen-bond acceptors (Lipinski definition) is 4. The van der Waals surface area contributed by atoms with E-state index in [4.69, 9.17) is 4.74 Å². The van der Waals surface area contributed by atoms with E-state index in [9.17, 15) is 4.79 Å². The van der Waals surface area contributed by atoms with Gasteiger partial charge in [-0.1, -0.05) is 6.07 Å². The molecule has 0 aliphatic carbocycles. The Morgan fingerprint density at radius 3 is 2.48 bits per heavy atom. The molecule has 0 atom stereocenters. The third-order valence-corrected chi connectivity index (χ3v) is 4.54. The van der Waals surface area contributed by atoms with Gasteiger partial charge < -0.3 is 20.7 Å². The Morgan fingerprint density at radius 2 is 1.85 bits per heavy atom. The molecule has 1 amide bonds. The van der Waals surface area contributed by atoms with Crippen molar-refractivity contribution in [2.24, 2.45) is 4.99 Å². The van der Waals surface area contributed by atoms with Crippen LogP contribution in [0, 0.1) is 0 Å². The topological polar surface area (TPSA) is 74.8 Å². The SMILES string of the molecule is CCNC(=NCCc1cccs1)NCCNC(=O)c1ccc(OC)cc1.I. The number of guanidine groups is 1. The molecule has 0 unspecified atom stereocenters. The molecule has 0 aliphatic rings. The number of rotatable bonds is 9. The highest BCUT2D eigenvalue weighted by Gasteiger charge is 2.05. The Morgan fingerprint density at radius 1 is 1.11 bits per heavy atom. The average Bonchev–Trinajstić information content (AvgIpc) is 3.18. The number of ether oxygens (including phenoxy) is 1. The molecular weight excluding hydrogens is 475 g/mol. The zero-order valence-corrected chi connectivity index (χ0v) is 18.8. The van der Waals surface area contributed by atoms with Gasteiger partial charge in [0.25, 0.3) is 5.91 Å². The fourth-order valence-corrected chi connectivity index (χ4v) is 2.97. The van der Waals surface area contributed by atoms with Crippen LogP contribution in [-0.4, -0.2) is 45.2 Å². The van der Waals surface area contributed by atoms with Gasteiger partial charge in [-0.15, -0.1) is 35.3 Å². The number of hydrogen-bond donors (Lipinski definition) is 3. The molecule has 3 N–H and O–H groups in total. The number of carbonyl (C=O) groups is 1. The lowest BCUT2D eigenvalue weighted by molar-refractivity contribution is 0.0954. The number of benzene rings is 1. The molecule has 0 saturated heterocycles. The first-order chi connectivity index (χ1) is 12.7. The number of amides is 1. The van der Waals surface area contributed by atoms with Gasteiger partial charge in [-0.05, 0) is 42.6 Å². The highest BCUT2D eigenvalue weighted by Crippen LogP contribution is 2.11. The van der Waals surface area contributed by atoms with Crippen molar-refractivity contribution in [3.05, 3.63) is 52.2 Å². The van der Waals surface area contributed by atoms with E-state index in [1.54, 1.807) is 42.7 Å². The summed E-state index contributed by atoms with van der Waals surface area (Å²) in [6.07, 6.45) is 0.933. The van der Waals surface area contributed by atoms with Crippen LogP contribution in [0.25, 0.3) is 0 Å². The molecule has 148 valence electrons. The number of thiophene rings is 1. The number of methoxy groups -OCH3 is 1. The minimum atomic E-state index is -0.103. The average molecular weight is 502 g/mol. The minimum Gasteiger partial charge on any atom is -0.497 e. The number of carbonyl (C=O) groups excluding carboxylic acids is 1. The van der Waals surface area contributed by atoms with Gasteiger partial charge in [-0.3, -0.25) is 9.79 Å². The van der Waals surface area contributed by atoms with Gasteiger partial charge in [0, 0.05) is 43.0 Å². The van der Waals surface area contributed by atoms with Crippen LogP contribution in [0.1, 0.15) is 22.2 Å². The van der Waals surface area contributed by atoms with Crippen molar-refractivity contribution in [1.82, 2.24) is 16.0 Å². The normalized spacial score (nSPS) is 10.7. The van der Waals surface area contributed by atoms with Crippen molar-refractivity contribution < 1.29 is 9.53 Å². The summed E-state index contributed by atoms with van der Waals surface area (Å²) in [5.41, 5.74) is 0.613. The summed E-state index contributed by atoms with van der Waals surface area (Å²) in [7, 11) is 1.60. The van der Waals surface area contributed by atoms with Crippen molar-refractivity contribution in [3.63, 3.8) is 0 Å². The van der Waals surface area contributed by atoms with E-state index >= 15 is 0 Å². The maximum atomic E-state index is 12.1. The van der Waals surface area contributed by atoms with E-state index in [1.807, 2.05) is 6.92 Å². The summed E-state index contributed by atoms with van der Waals surface area (Å²) in [4.78, 5) is 18.0. The van der Waals surface area contributed by atoms with Crippen LogP contribution in [0.3, 0.4) is 0 Å². The van der Waals surface area contributed by atoms with Gasteiger partial charge in [0.2, 0.25) is 0 Å². The van der Waals surface area contributed by atoms with Crippen molar-refractivity contribution in [3.8, 4) is 5.75 Å². The Hall–Kier alpha value is -1.81. The van der Waals surface area contributed by atoms with Crippen LogP contribution < -0.4 is 20.7 Å². The van der Waals surface area contributed by atoms with Gasteiger partial charge >= 0.3 is 0 Å². The Labute approximate surface area is 181 Å². The predicted molar refractivity (Wildman–Crippen MR) is 123 cm³/mol. The highest BCUT2D eigenvalue weighted by molar-refractivity contribution is 14.0. The lowest BCUT2D eigenvalue weighted by atomic mass is 10.2. The molecule has 0 spiro atoms. The zero-order valence-electron chi connectivity index (χ0n) is 15.7. The first kappa shape index (κ1) is 23.2. The fraction of sp³-hybridized carbons (Fsp3) is 0.368. The first-order valence-corrected chi connectivity index (χ1v) is 9.57. The molecule has 2 rings (SSSR count). The van der Waals surface area contributed by atoms with Gasteiger partial charge in [0.05, 0.1) is 7.11 Å². The Balaban J connectivity index is 0.00000364. The summed E-state index contributed by atoms with van der Waals surface area (Å²) in [6, 6.07) is 11.2. The zero-order chi connectivity index (χ0) is 18.6. The Kier molecular flexibility index (Phi) is 11.5. The van der Waals surface area contributed by atoms with E-state index in [-0.39, 0.29) is 29.9 Å². The van der Waals surface area contributed by atoms with Gasteiger partial charge in [-0.2, -0.15) is 0 Å². The monoisotopic (exact) mass is 502 g/mol. The van der Waals surface area contributed by atoms with E-state index in [2.05, 4.69) is 38.5 Å². The molecule has 1 aromatic carbocycles. The van der Waals surface area contributed by atoms with Crippen LogP contribution in [0.4, 0.5) is 0 Å². The van der Waals surface area contributed by atoms with Gasteiger partial charge in [-0.25, -0.2) is 0 Å². The summed E-state index contributed by atoms with van der Waals surface area (Å²) in [5, 5.41) is 11.4.